The number of nitrogens with two attached hydrogens (primary N) is 2. The zero-order valence-electron chi connectivity index (χ0n) is 11.1. The predicted octanol–water partition coefficient (Wildman–Crippen LogP) is 1.91. The number of benzene rings is 1. The zero-order valence-corrected chi connectivity index (χ0v) is 11.9. The molecule has 1 aliphatic rings. The van der Waals surface area contributed by atoms with Gasteiger partial charge in [-0.25, -0.2) is 13.6 Å². The van der Waals surface area contributed by atoms with Crippen LogP contribution in [-0.2, 0) is 10.0 Å². The molecule has 0 aliphatic heterocycles. The van der Waals surface area contributed by atoms with Gasteiger partial charge in [0.25, 0.3) is 0 Å². The van der Waals surface area contributed by atoms with Gasteiger partial charge in [0, 0.05) is 6.04 Å². The van der Waals surface area contributed by atoms with Gasteiger partial charge in [0.1, 0.15) is 0 Å². The molecule has 1 saturated carbocycles. The molecule has 0 spiro atoms. The zero-order chi connectivity index (χ0) is 14.0. The molecule has 5 N–H and O–H groups in total. The Morgan fingerprint density at radius 2 is 2.05 bits per heavy atom. The van der Waals surface area contributed by atoms with Crippen LogP contribution >= 0.6 is 0 Å². The third-order valence-electron chi connectivity index (χ3n) is 3.65. The van der Waals surface area contributed by atoms with Crippen LogP contribution in [0.4, 0.5) is 11.4 Å². The van der Waals surface area contributed by atoms with Crippen LogP contribution in [-0.4, -0.2) is 14.5 Å². The average Bonchev–Trinajstić information content (AvgIpc) is 2.30. The van der Waals surface area contributed by atoms with E-state index in [4.69, 9.17) is 10.9 Å². The van der Waals surface area contributed by atoms with Gasteiger partial charge in [0.05, 0.1) is 16.3 Å². The van der Waals surface area contributed by atoms with Gasteiger partial charge in [-0.05, 0) is 37.0 Å². The van der Waals surface area contributed by atoms with Crippen molar-refractivity contribution in [2.24, 2.45) is 11.1 Å². The van der Waals surface area contributed by atoms with Crippen LogP contribution in [0.1, 0.15) is 32.6 Å². The molecule has 0 aromatic heterocycles. The minimum absolute atomic E-state index is 0.0908. The normalized spacial score (nSPS) is 24.1. The van der Waals surface area contributed by atoms with Gasteiger partial charge in [-0.1, -0.05) is 19.8 Å². The average molecular weight is 283 g/mol. The van der Waals surface area contributed by atoms with Gasteiger partial charge < -0.3 is 11.1 Å². The van der Waals surface area contributed by atoms with Crippen LogP contribution in [0.3, 0.4) is 0 Å². The van der Waals surface area contributed by atoms with E-state index >= 15 is 0 Å². The summed E-state index contributed by atoms with van der Waals surface area (Å²) in [7, 11) is -3.69. The maximum atomic E-state index is 11.3. The molecule has 2 atom stereocenters. The fourth-order valence-corrected chi connectivity index (χ4v) is 3.16. The fraction of sp³-hybridized carbons (Fsp3) is 0.538. The summed E-state index contributed by atoms with van der Waals surface area (Å²) >= 11 is 0. The summed E-state index contributed by atoms with van der Waals surface area (Å²) in [6.07, 6.45) is 4.61. The second-order valence-electron chi connectivity index (χ2n) is 5.41. The van der Waals surface area contributed by atoms with E-state index in [0.29, 0.717) is 23.3 Å². The second kappa shape index (κ2) is 5.38. The number of anilines is 2. The summed E-state index contributed by atoms with van der Waals surface area (Å²) in [5, 5.41) is 8.48. The maximum Gasteiger partial charge on any atom is 0.238 e. The van der Waals surface area contributed by atoms with Crippen molar-refractivity contribution in [3.63, 3.8) is 0 Å². The first kappa shape index (κ1) is 14.1. The molecule has 1 aliphatic carbocycles. The highest BCUT2D eigenvalue weighted by Gasteiger charge is 2.20. The summed E-state index contributed by atoms with van der Waals surface area (Å²) < 4.78 is 22.7. The van der Waals surface area contributed by atoms with Gasteiger partial charge in [0.15, 0.2) is 0 Å². The van der Waals surface area contributed by atoms with Crippen LogP contribution in [0.2, 0.25) is 0 Å². The highest BCUT2D eigenvalue weighted by atomic mass is 32.2. The molecule has 19 heavy (non-hydrogen) atoms. The van der Waals surface area contributed by atoms with Crippen molar-refractivity contribution < 1.29 is 8.42 Å². The van der Waals surface area contributed by atoms with E-state index in [1.54, 1.807) is 6.07 Å². The molecule has 0 saturated heterocycles. The smallest absolute Gasteiger partial charge is 0.238 e. The number of nitrogens with one attached hydrogen (secondary N) is 1. The first-order valence-corrected chi connectivity index (χ1v) is 8.10. The van der Waals surface area contributed by atoms with Gasteiger partial charge in [-0.2, -0.15) is 0 Å². The van der Waals surface area contributed by atoms with Crippen molar-refractivity contribution in [1.82, 2.24) is 0 Å². The molecule has 1 aromatic rings. The van der Waals surface area contributed by atoms with Crippen molar-refractivity contribution in [1.29, 1.82) is 0 Å². The molecule has 1 fully saturated rings. The molecule has 1 aromatic carbocycles. The molecule has 2 rings (SSSR count). The molecule has 106 valence electrons. The SMILES string of the molecule is CC1CCCC(Nc2cc(S(N)(=O)=O)ccc2N)C1. The number of primary sulfonamides is 1. The molecule has 6 heteroatoms. The molecule has 0 bridgehead atoms. The second-order valence-corrected chi connectivity index (χ2v) is 6.97. The molecule has 5 nitrogen and oxygen atoms in total. The lowest BCUT2D eigenvalue weighted by atomic mass is 9.87. The number of hydrogen-bond acceptors (Lipinski definition) is 4. The third-order valence-corrected chi connectivity index (χ3v) is 4.56. The largest absolute Gasteiger partial charge is 0.397 e. The summed E-state index contributed by atoms with van der Waals surface area (Å²) in [6, 6.07) is 4.87. The Balaban J connectivity index is 2.19. The lowest BCUT2D eigenvalue weighted by Crippen LogP contribution is -2.26. The minimum Gasteiger partial charge on any atom is -0.397 e. The lowest BCUT2D eigenvalue weighted by molar-refractivity contribution is 0.358. The van der Waals surface area contributed by atoms with Gasteiger partial charge in [0.2, 0.25) is 10.0 Å². The van der Waals surface area contributed by atoms with Gasteiger partial charge in [-0.15, -0.1) is 0 Å². The number of rotatable bonds is 3. The van der Waals surface area contributed by atoms with Crippen molar-refractivity contribution in [3.05, 3.63) is 18.2 Å². The minimum atomic E-state index is -3.69. The Kier molecular flexibility index (Phi) is 4.01. The van der Waals surface area contributed by atoms with E-state index in [1.165, 1.54) is 25.0 Å². The fourth-order valence-electron chi connectivity index (χ4n) is 2.62. The Bertz CT molecular complexity index is 557. The first-order chi connectivity index (χ1) is 8.86. The van der Waals surface area contributed by atoms with E-state index in [9.17, 15) is 8.42 Å². The summed E-state index contributed by atoms with van der Waals surface area (Å²) in [5.41, 5.74) is 7.09. The highest BCUT2D eigenvalue weighted by Crippen LogP contribution is 2.29. The van der Waals surface area contributed by atoms with E-state index in [-0.39, 0.29) is 4.90 Å². The molecular weight excluding hydrogens is 262 g/mol. The number of nitrogen functional groups attached to an aromatic ring is 1. The highest BCUT2D eigenvalue weighted by molar-refractivity contribution is 7.89. The van der Waals surface area contributed by atoms with Crippen molar-refractivity contribution in [3.8, 4) is 0 Å². The van der Waals surface area contributed by atoms with Crippen LogP contribution in [0.25, 0.3) is 0 Å². The van der Waals surface area contributed by atoms with E-state index in [0.717, 1.165) is 12.8 Å². The quantitative estimate of drug-likeness (QED) is 0.738. The standard InChI is InChI=1S/C13H21N3O2S/c1-9-3-2-4-10(7-9)16-13-8-11(19(15,17)18)5-6-12(13)14/h5-6,8-10,16H,2-4,7,14H2,1H3,(H2,15,17,18). The Labute approximate surface area is 114 Å². The third kappa shape index (κ3) is 3.61. The molecule has 0 radical (unpaired) electrons. The Hall–Kier alpha value is -1.27. The van der Waals surface area contributed by atoms with Crippen LogP contribution in [0, 0.1) is 5.92 Å². The molecule has 0 amide bonds. The monoisotopic (exact) mass is 283 g/mol. The van der Waals surface area contributed by atoms with Gasteiger partial charge in [-0.3, -0.25) is 0 Å². The first-order valence-electron chi connectivity index (χ1n) is 6.55. The van der Waals surface area contributed by atoms with Crippen molar-refractivity contribution in [2.45, 2.75) is 43.5 Å². The van der Waals surface area contributed by atoms with E-state index < -0.39 is 10.0 Å². The molecular formula is C13H21N3O2S. The van der Waals surface area contributed by atoms with Crippen LogP contribution < -0.4 is 16.2 Å². The van der Waals surface area contributed by atoms with Crippen LogP contribution in [0.5, 0.6) is 0 Å². The summed E-state index contributed by atoms with van der Waals surface area (Å²) in [5.74, 6) is 0.689. The number of hydrogen-bond donors (Lipinski definition) is 3. The Morgan fingerprint density at radius 3 is 2.68 bits per heavy atom. The number of sulfonamides is 1. The topological polar surface area (TPSA) is 98.2 Å². The lowest BCUT2D eigenvalue weighted by Gasteiger charge is -2.28. The molecule has 2 unspecified atom stereocenters. The molecule has 0 heterocycles. The Morgan fingerprint density at radius 1 is 1.32 bits per heavy atom. The van der Waals surface area contributed by atoms with E-state index in [2.05, 4.69) is 12.2 Å². The predicted molar refractivity (Wildman–Crippen MR) is 77.3 cm³/mol. The van der Waals surface area contributed by atoms with Crippen molar-refractivity contribution in [2.75, 3.05) is 11.1 Å². The van der Waals surface area contributed by atoms with Crippen molar-refractivity contribution >= 4 is 21.4 Å². The van der Waals surface area contributed by atoms with E-state index in [1.807, 2.05) is 0 Å². The van der Waals surface area contributed by atoms with Crippen LogP contribution in [0.15, 0.2) is 23.1 Å². The maximum absolute atomic E-state index is 11.3. The van der Waals surface area contributed by atoms with Gasteiger partial charge >= 0.3 is 0 Å². The summed E-state index contributed by atoms with van der Waals surface area (Å²) in [4.78, 5) is 0.0908. The summed E-state index contributed by atoms with van der Waals surface area (Å²) in [6.45, 7) is 2.23.